The highest BCUT2D eigenvalue weighted by molar-refractivity contribution is 5.96. The van der Waals surface area contributed by atoms with Crippen molar-refractivity contribution in [2.24, 2.45) is 0 Å². The van der Waals surface area contributed by atoms with Crippen LogP contribution in [-0.2, 0) is 11.2 Å². The Labute approximate surface area is 272 Å². The van der Waals surface area contributed by atoms with Crippen molar-refractivity contribution >= 4 is 34.1 Å². The van der Waals surface area contributed by atoms with Crippen molar-refractivity contribution in [3.05, 3.63) is 66.4 Å². The maximum atomic E-state index is 13.0. The molecule has 6 heterocycles. The summed E-state index contributed by atoms with van der Waals surface area (Å²) in [6.45, 7) is 8.30. The fourth-order valence-electron chi connectivity index (χ4n) is 7.04. The van der Waals surface area contributed by atoms with E-state index in [0.29, 0.717) is 29.6 Å². The van der Waals surface area contributed by atoms with Crippen LogP contribution < -0.4 is 19.5 Å². The zero-order chi connectivity index (χ0) is 32.3. The molecule has 12 heteroatoms. The second kappa shape index (κ2) is 11.3. The van der Waals surface area contributed by atoms with Gasteiger partial charge in [0.1, 0.15) is 41.7 Å². The summed E-state index contributed by atoms with van der Waals surface area (Å²) in [5.41, 5.74) is 3.90. The van der Waals surface area contributed by atoms with Crippen molar-refractivity contribution in [2.75, 3.05) is 11.9 Å². The standard InChI is InChI=1S/C35H37N7O5/c1-20-13-21(5-8-28(20)45-24-9-11-41-30(16-24)36-19-39-41)40-33-27-17-29(32-26(10-12-44-32)31(27)37-18-38-33)46-25-14-22-6-7-23(15-25)42(22)34(43)47-35(2,3)4/h5,8-9,11,13,16-19,22-23,25H,6-7,10,12,14-15H2,1-4H3,(H,37,38,40). The molecule has 1 N–H and O–H groups in total. The summed E-state index contributed by atoms with van der Waals surface area (Å²) < 4.78 is 26.4. The molecule has 12 nitrogen and oxygen atoms in total. The Morgan fingerprint density at radius 1 is 1.00 bits per heavy atom. The topological polar surface area (TPSA) is 125 Å². The maximum absolute atomic E-state index is 13.0. The number of hydrogen-bond acceptors (Lipinski definition) is 10. The minimum Gasteiger partial charge on any atom is -0.489 e. The van der Waals surface area contributed by atoms with Crippen molar-refractivity contribution in [3.8, 4) is 23.0 Å². The highest BCUT2D eigenvalue weighted by Crippen LogP contribution is 2.45. The number of anilines is 2. The summed E-state index contributed by atoms with van der Waals surface area (Å²) in [4.78, 5) is 28.5. The lowest BCUT2D eigenvalue weighted by Gasteiger charge is -2.39. The lowest BCUT2D eigenvalue weighted by atomic mass is 10.00. The van der Waals surface area contributed by atoms with Gasteiger partial charge >= 0.3 is 6.09 Å². The quantitative estimate of drug-likeness (QED) is 0.214. The smallest absolute Gasteiger partial charge is 0.410 e. The van der Waals surface area contributed by atoms with Gasteiger partial charge in [0.2, 0.25) is 0 Å². The molecule has 47 heavy (non-hydrogen) atoms. The van der Waals surface area contributed by atoms with E-state index >= 15 is 0 Å². The Morgan fingerprint density at radius 3 is 2.62 bits per heavy atom. The molecule has 5 aromatic rings. The van der Waals surface area contributed by atoms with E-state index in [1.807, 2.05) is 75.2 Å². The number of amides is 1. The molecule has 0 aliphatic carbocycles. The number of carbonyl (C=O) groups excluding carboxylic acids is 1. The molecule has 2 unspecified atom stereocenters. The first-order valence-corrected chi connectivity index (χ1v) is 16.1. The molecular formula is C35H37N7O5. The number of ether oxygens (including phenoxy) is 4. The van der Waals surface area contributed by atoms with Gasteiger partial charge in [-0.1, -0.05) is 0 Å². The molecule has 8 rings (SSSR count). The van der Waals surface area contributed by atoms with Gasteiger partial charge in [-0.2, -0.15) is 5.10 Å². The minimum atomic E-state index is -0.524. The Bertz CT molecular complexity index is 1990. The molecule has 3 aliphatic heterocycles. The second-order valence-corrected chi connectivity index (χ2v) is 13.5. The molecule has 2 saturated heterocycles. The van der Waals surface area contributed by atoms with Crippen molar-refractivity contribution in [1.29, 1.82) is 0 Å². The van der Waals surface area contributed by atoms with E-state index in [1.54, 1.807) is 10.8 Å². The van der Waals surface area contributed by atoms with Crippen LogP contribution >= 0.6 is 0 Å². The lowest BCUT2D eigenvalue weighted by molar-refractivity contribution is -0.00735. The monoisotopic (exact) mass is 635 g/mol. The number of rotatable bonds is 6. The van der Waals surface area contributed by atoms with Gasteiger partial charge in [-0.05, 0) is 76.4 Å². The number of nitrogens with one attached hydrogen (secondary N) is 1. The number of piperidine rings is 1. The van der Waals surface area contributed by atoms with Gasteiger partial charge in [-0.25, -0.2) is 24.3 Å². The van der Waals surface area contributed by atoms with Crippen molar-refractivity contribution in [3.63, 3.8) is 0 Å². The fourth-order valence-corrected chi connectivity index (χ4v) is 7.04. The van der Waals surface area contributed by atoms with Crippen LogP contribution in [0.4, 0.5) is 16.3 Å². The Morgan fingerprint density at radius 2 is 1.83 bits per heavy atom. The first kappa shape index (κ1) is 29.3. The number of fused-ring (bicyclic) bond motifs is 6. The number of aryl methyl sites for hydroxylation is 1. The second-order valence-electron chi connectivity index (χ2n) is 13.5. The average molecular weight is 636 g/mol. The molecule has 3 aromatic heterocycles. The molecule has 0 saturated carbocycles. The van der Waals surface area contributed by atoms with Crippen LogP contribution in [-0.4, -0.2) is 66.0 Å². The highest BCUT2D eigenvalue weighted by Gasteiger charge is 2.46. The number of hydrogen-bond donors (Lipinski definition) is 1. The third-order valence-corrected chi connectivity index (χ3v) is 9.05. The molecule has 2 fully saturated rings. The first-order chi connectivity index (χ1) is 22.7. The van der Waals surface area contributed by atoms with Gasteiger partial charge in [-0.15, -0.1) is 0 Å². The molecule has 3 aliphatic rings. The van der Waals surface area contributed by atoms with Crippen LogP contribution in [0.25, 0.3) is 16.6 Å². The summed E-state index contributed by atoms with van der Waals surface area (Å²) in [7, 11) is 0. The van der Waals surface area contributed by atoms with Crippen LogP contribution in [0.3, 0.4) is 0 Å². The third kappa shape index (κ3) is 5.61. The molecule has 1 amide bonds. The summed E-state index contributed by atoms with van der Waals surface area (Å²) in [5.74, 6) is 3.56. The van der Waals surface area contributed by atoms with Crippen molar-refractivity contribution in [2.45, 2.75) is 83.6 Å². The van der Waals surface area contributed by atoms with Gasteiger partial charge < -0.3 is 29.2 Å². The van der Waals surface area contributed by atoms with E-state index in [2.05, 4.69) is 25.4 Å². The van der Waals surface area contributed by atoms with E-state index in [-0.39, 0.29) is 24.3 Å². The largest absolute Gasteiger partial charge is 0.489 e. The summed E-state index contributed by atoms with van der Waals surface area (Å²) in [5, 5.41) is 8.50. The van der Waals surface area contributed by atoms with Crippen molar-refractivity contribution in [1.82, 2.24) is 29.5 Å². The number of nitrogens with zero attached hydrogens (tertiary/aromatic N) is 6. The molecule has 2 atom stereocenters. The molecule has 0 radical (unpaired) electrons. The van der Waals surface area contributed by atoms with E-state index in [0.717, 1.165) is 71.3 Å². The number of carbonyl (C=O) groups is 1. The third-order valence-electron chi connectivity index (χ3n) is 9.05. The maximum Gasteiger partial charge on any atom is 0.410 e. The SMILES string of the molecule is Cc1cc(Nc2ncnc3c4c(c(OC5CC6CCC(C5)N6C(=O)OC(C)(C)C)cc23)OCC4)ccc1Oc1ccn2ncnc2c1. The molecule has 2 aromatic carbocycles. The van der Waals surface area contributed by atoms with Crippen molar-refractivity contribution < 1.29 is 23.7 Å². The Balaban J connectivity index is 1.03. The molecule has 0 spiro atoms. The van der Waals surface area contributed by atoms with E-state index in [4.69, 9.17) is 18.9 Å². The van der Waals surface area contributed by atoms with Crippen LogP contribution in [0.15, 0.2) is 55.2 Å². The van der Waals surface area contributed by atoms with Crippen LogP contribution in [0.5, 0.6) is 23.0 Å². The molecule has 242 valence electrons. The van der Waals surface area contributed by atoms with Crippen LogP contribution in [0.1, 0.15) is 57.6 Å². The minimum absolute atomic E-state index is 0.0429. The van der Waals surface area contributed by atoms with Gasteiger partial charge in [0.15, 0.2) is 17.1 Å². The van der Waals surface area contributed by atoms with E-state index < -0.39 is 5.60 Å². The average Bonchev–Trinajstić information content (AvgIpc) is 3.76. The summed E-state index contributed by atoms with van der Waals surface area (Å²) >= 11 is 0. The Hall–Kier alpha value is -5.13. The number of benzene rings is 2. The van der Waals surface area contributed by atoms with Gasteiger partial charge in [-0.3, -0.25) is 0 Å². The van der Waals surface area contributed by atoms with Gasteiger partial charge in [0, 0.05) is 60.2 Å². The first-order valence-electron chi connectivity index (χ1n) is 16.1. The summed E-state index contributed by atoms with van der Waals surface area (Å²) in [6, 6.07) is 11.8. The molecule has 2 bridgehead atoms. The van der Waals surface area contributed by atoms with Crippen LogP contribution in [0, 0.1) is 6.92 Å². The lowest BCUT2D eigenvalue weighted by Crippen LogP contribution is -2.50. The van der Waals surface area contributed by atoms with E-state index in [1.165, 1.54) is 6.33 Å². The van der Waals surface area contributed by atoms with E-state index in [9.17, 15) is 4.79 Å². The summed E-state index contributed by atoms with van der Waals surface area (Å²) in [6.07, 6.45) is 8.80. The van der Waals surface area contributed by atoms with Gasteiger partial charge in [0.05, 0.1) is 12.1 Å². The van der Waals surface area contributed by atoms with Crippen LogP contribution in [0.2, 0.25) is 0 Å². The molecular weight excluding hydrogens is 598 g/mol. The predicted octanol–water partition coefficient (Wildman–Crippen LogP) is 6.76. The zero-order valence-electron chi connectivity index (χ0n) is 26.9. The highest BCUT2D eigenvalue weighted by atomic mass is 16.6. The number of pyridine rings is 1. The fraction of sp³-hybridized carbons (Fsp3) is 0.400. The zero-order valence-corrected chi connectivity index (χ0v) is 26.9. The normalized spacial score (nSPS) is 20.3. The Kier molecular flexibility index (Phi) is 7.03. The van der Waals surface area contributed by atoms with Gasteiger partial charge in [0.25, 0.3) is 0 Å². The predicted molar refractivity (Wildman–Crippen MR) is 175 cm³/mol. The number of aromatic nitrogens is 5.